The van der Waals surface area contributed by atoms with Crippen LogP contribution in [-0.4, -0.2) is 33.7 Å². The molecule has 0 aliphatic rings. The molecule has 1 atom stereocenters. The van der Waals surface area contributed by atoms with E-state index in [-0.39, 0.29) is 24.4 Å². The monoisotopic (exact) mass is 404 g/mol. The number of carboxylic acids is 2. The van der Waals surface area contributed by atoms with Gasteiger partial charge in [-0.1, -0.05) is 41.5 Å². The van der Waals surface area contributed by atoms with Crippen LogP contribution in [0, 0.1) is 0 Å². The Morgan fingerprint density at radius 2 is 1.34 bits per heavy atom. The third-order valence-electron chi connectivity index (χ3n) is 4.91. The Balaban J connectivity index is 4.18. The Morgan fingerprint density at radius 3 is 1.66 bits per heavy atom. The van der Waals surface area contributed by atoms with E-state index in [4.69, 9.17) is 5.11 Å². The van der Waals surface area contributed by atoms with E-state index >= 15 is 0 Å². The maximum atomic E-state index is 12.8. The molecule has 6 nitrogen and oxygen atoms in total. The lowest BCUT2D eigenvalue weighted by Gasteiger charge is -2.34. The molecule has 0 saturated heterocycles. The lowest BCUT2D eigenvalue weighted by atomic mass is 9.68. The van der Waals surface area contributed by atoms with Gasteiger partial charge in [0.25, 0.3) is 0 Å². The van der Waals surface area contributed by atoms with Crippen LogP contribution in [0.25, 0.3) is 0 Å². The minimum atomic E-state index is -1.18. The Hall–Kier alpha value is -2.50. The van der Waals surface area contributed by atoms with Gasteiger partial charge in [0.1, 0.15) is 0 Å². The number of Topliss-reactive ketones (excluding diaryl/α,β-unsaturated/α-hetero) is 2. The standard InChI is InChI=1S/C23H32O6/c1-12(24)15-11-16(14(21(28)29)9-10-17(26)27)20(23(6,7)8)18(13(2)25)19(15)22(3,4)5/h11,14H,9-10H2,1-8H3,(H,26,27)(H,28,29). The zero-order valence-corrected chi connectivity index (χ0v) is 18.6. The van der Waals surface area contributed by atoms with Crippen LogP contribution in [0.2, 0.25) is 0 Å². The summed E-state index contributed by atoms with van der Waals surface area (Å²) in [7, 11) is 0. The van der Waals surface area contributed by atoms with E-state index in [0.29, 0.717) is 27.8 Å². The third kappa shape index (κ3) is 5.52. The zero-order valence-electron chi connectivity index (χ0n) is 18.6. The van der Waals surface area contributed by atoms with Crippen molar-refractivity contribution in [2.24, 2.45) is 0 Å². The van der Waals surface area contributed by atoms with E-state index in [2.05, 4.69) is 0 Å². The Bertz CT molecular complexity index is 850. The number of rotatable bonds is 7. The highest BCUT2D eigenvalue weighted by atomic mass is 16.4. The van der Waals surface area contributed by atoms with Crippen LogP contribution < -0.4 is 0 Å². The van der Waals surface area contributed by atoms with Gasteiger partial charge in [0.2, 0.25) is 0 Å². The molecule has 6 heteroatoms. The number of aliphatic carboxylic acids is 2. The van der Waals surface area contributed by atoms with Crippen LogP contribution in [0.15, 0.2) is 6.07 Å². The van der Waals surface area contributed by atoms with Gasteiger partial charge in [-0.25, -0.2) is 0 Å². The van der Waals surface area contributed by atoms with Crippen molar-refractivity contribution in [1.29, 1.82) is 0 Å². The van der Waals surface area contributed by atoms with Gasteiger partial charge < -0.3 is 10.2 Å². The van der Waals surface area contributed by atoms with Gasteiger partial charge >= 0.3 is 11.9 Å². The number of benzene rings is 1. The molecule has 0 radical (unpaired) electrons. The fourth-order valence-electron chi connectivity index (χ4n) is 3.88. The van der Waals surface area contributed by atoms with E-state index in [1.807, 2.05) is 41.5 Å². The molecule has 2 N–H and O–H groups in total. The van der Waals surface area contributed by atoms with E-state index in [0.717, 1.165) is 0 Å². The minimum absolute atomic E-state index is 0.128. The van der Waals surface area contributed by atoms with Gasteiger partial charge in [0, 0.05) is 17.5 Å². The molecule has 0 spiro atoms. The summed E-state index contributed by atoms with van der Waals surface area (Å²) in [5, 5.41) is 18.9. The zero-order chi connectivity index (χ0) is 22.9. The molecule has 29 heavy (non-hydrogen) atoms. The van der Waals surface area contributed by atoms with Gasteiger partial charge in [-0.05, 0) is 53.9 Å². The molecule has 0 bridgehead atoms. The van der Waals surface area contributed by atoms with E-state index in [1.165, 1.54) is 13.8 Å². The number of carboxylic acid groups (broad SMARTS) is 2. The number of carbonyl (C=O) groups excluding carboxylic acids is 2. The summed E-state index contributed by atoms with van der Waals surface area (Å²) in [5.74, 6) is -3.92. The molecule has 0 amide bonds. The summed E-state index contributed by atoms with van der Waals surface area (Å²) < 4.78 is 0. The second-order valence-electron chi connectivity index (χ2n) is 9.57. The average molecular weight is 405 g/mol. The smallest absolute Gasteiger partial charge is 0.310 e. The number of ketones is 2. The quantitative estimate of drug-likeness (QED) is 0.637. The Kier molecular flexibility index (Phi) is 7.17. The summed E-state index contributed by atoms with van der Waals surface area (Å²) >= 11 is 0. The van der Waals surface area contributed by atoms with Crippen molar-refractivity contribution >= 4 is 23.5 Å². The van der Waals surface area contributed by atoms with Crippen LogP contribution in [0.5, 0.6) is 0 Å². The number of hydrogen-bond acceptors (Lipinski definition) is 4. The van der Waals surface area contributed by atoms with Gasteiger partial charge in [0.15, 0.2) is 11.6 Å². The van der Waals surface area contributed by atoms with Crippen molar-refractivity contribution in [3.8, 4) is 0 Å². The highest BCUT2D eigenvalue weighted by Gasteiger charge is 2.37. The second kappa shape index (κ2) is 8.47. The molecule has 0 heterocycles. The lowest BCUT2D eigenvalue weighted by Crippen LogP contribution is -2.29. The van der Waals surface area contributed by atoms with E-state index in [1.54, 1.807) is 6.07 Å². The predicted octanol–water partition coefficient (Wildman–Crippen LogP) is 4.72. The maximum absolute atomic E-state index is 12.8. The SMILES string of the molecule is CC(=O)c1cc(C(CCC(=O)O)C(=O)O)c(C(C)(C)C)c(C(C)=O)c1C(C)(C)C. The van der Waals surface area contributed by atoms with Crippen LogP contribution >= 0.6 is 0 Å². The fourth-order valence-corrected chi connectivity index (χ4v) is 3.88. The fraction of sp³-hybridized carbons (Fsp3) is 0.565. The van der Waals surface area contributed by atoms with Crippen molar-refractivity contribution in [3.63, 3.8) is 0 Å². The summed E-state index contributed by atoms with van der Waals surface area (Å²) in [5.41, 5.74) is 1.07. The van der Waals surface area contributed by atoms with Gasteiger partial charge in [-0.3, -0.25) is 19.2 Å². The van der Waals surface area contributed by atoms with Crippen LogP contribution in [0.4, 0.5) is 0 Å². The normalized spacial score (nSPS) is 13.1. The number of hydrogen-bond donors (Lipinski definition) is 2. The molecule has 160 valence electrons. The summed E-state index contributed by atoms with van der Waals surface area (Å²) in [4.78, 5) is 48.5. The van der Waals surface area contributed by atoms with Crippen molar-refractivity contribution in [3.05, 3.63) is 33.9 Å². The molecule has 0 aliphatic carbocycles. The highest BCUT2D eigenvalue weighted by Crippen LogP contribution is 2.42. The van der Waals surface area contributed by atoms with Crippen molar-refractivity contribution in [2.75, 3.05) is 0 Å². The minimum Gasteiger partial charge on any atom is -0.481 e. The van der Waals surface area contributed by atoms with Crippen molar-refractivity contribution in [2.45, 2.75) is 85.0 Å². The maximum Gasteiger partial charge on any atom is 0.310 e. The molecular formula is C23H32O6. The largest absolute Gasteiger partial charge is 0.481 e. The average Bonchev–Trinajstić information content (AvgIpc) is 2.50. The lowest BCUT2D eigenvalue weighted by molar-refractivity contribution is -0.140. The van der Waals surface area contributed by atoms with Crippen LogP contribution in [0.3, 0.4) is 0 Å². The molecular weight excluding hydrogens is 372 g/mol. The molecule has 0 fully saturated rings. The first-order chi connectivity index (χ1) is 13.0. The first-order valence-corrected chi connectivity index (χ1v) is 9.68. The first kappa shape index (κ1) is 24.5. The van der Waals surface area contributed by atoms with E-state index < -0.39 is 28.7 Å². The Morgan fingerprint density at radius 1 is 0.862 bits per heavy atom. The van der Waals surface area contributed by atoms with Gasteiger partial charge in [-0.15, -0.1) is 0 Å². The van der Waals surface area contributed by atoms with Gasteiger partial charge in [-0.2, -0.15) is 0 Å². The summed E-state index contributed by atoms with van der Waals surface area (Å²) in [6, 6.07) is 1.57. The van der Waals surface area contributed by atoms with Crippen LogP contribution in [-0.2, 0) is 20.4 Å². The molecule has 0 aromatic heterocycles. The van der Waals surface area contributed by atoms with E-state index in [9.17, 15) is 24.3 Å². The second-order valence-corrected chi connectivity index (χ2v) is 9.57. The van der Waals surface area contributed by atoms with Crippen LogP contribution in [0.1, 0.15) is 112 Å². The highest BCUT2D eigenvalue weighted by molar-refractivity contribution is 6.05. The molecule has 0 aliphatic heterocycles. The number of carbonyl (C=O) groups is 4. The first-order valence-electron chi connectivity index (χ1n) is 9.68. The topological polar surface area (TPSA) is 109 Å². The molecule has 1 rings (SSSR count). The van der Waals surface area contributed by atoms with Crippen molar-refractivity contribution in [1.82, 2.24) is 0 Å². The molecule has 0 saturated carbocycles. The molecule has 1 aromatic carbocycles. The molecule has 1 aromatic rings. The third-order valence-corrected chi connectivity index (χ3v) is 4.91. The predicted molar refractivity (Wildman–Crippen MR) is 111 cm³/mol. The summed E-state index contributed by atoms with van der Waals surface area (Å²) in [6.45, 7) is 14.2. The summed E-state index contributed by atoms with van der Waals surface area (Å²) in [6.07, 6.45) is -0.455. The Labute approximate surface area is 172 Å². The van der Waals surface area contributed by atoms with Gasteiger partial charge in [0.05, 0.1) is 5.92 Å². The van der Waals surface area contributed by atoms with Crippen molar-refractivity contribution < 1.29 is 29.4 Å². The molecule has 1 unspecified atom stereocenters.